The Kier molecular flexibility index (Phi) is 4.83. The van der Waals surface area contributed by atoms with E-state index < -0.39 is 0 Å². The summed E-state index contributed by atoms with van der Waals surface area (Å²) in [6.45, 7) is 0. The maximum absolute atomic E-state index is 5.35. The molecule has 92 valence electrons. The highest BCUT2D eigenvalue weighted by molar-refractivity contribution is 7.09. The van der Waals surface area contributed by atoms with Gasteiger partial charge in [0.05, 0.1) is 6.26 Å². The number of thiophene rings is 1. The molecule has 0 bridgehead atoms. The van der Waals surface area contributed by atoms with Crippen LogP contribution in [0, 0.1) is 0 Å². The zero-order valence-corrected chi connectivity index (χ0v) is 11.0. The van der Waals surface area contributed by atoms with Gasteiger partial charge in [0.15, 0.2) is 0 Å². The third-order valence-corrected chi connectivity index (χ3v) is 3.98. The molecular weight excluding hydrogens is 230 g/mol. The number of furan rings is 1. The van der Waals surface area contributed by atoms with Crippen LogP contribution in [0.15, 0.2) is 40.3 Å². The van der Waals surface area contributed by atoms with Crippen LogP contribution in [0.25, 0.3) is 0 Å². The van der Waals surface area contributed by atoms with Crippen molar-refractivity contribution in [2.75, 3.05) is 7.05 Å². The monoisotopic (exact) mass is 249 g/mol. The first-order chi connectivity index (χ1) is 8.38. The fourth-order valence-corrected chi connectivity index (χ4v) is 2.70. The summed E-state index contributed by atoms with van der Waals surface area (Å²) in [6, 6.07) is 8.91. The molecule has 0 fully saturated rings. The molecular formula is C14H19NOS. The second-order valence-electron chi connectivity index (χ2n) is 4.22. The molecule has 3 heteroatoms. The van der Waals surface area contributed by atoms with E-state index in [1.54, 1.807) is 6.26 Å². The minimum Gasteiger partial charge on any atom is -0.469 e. The van der Waals surface area contributed by atoms with E-state index >= 15 is 0 Å². The summed E-state index contributed by atoms with van der Waals surface area (Å²) in [4.78, 5) is 1.48. The van der Waals surface area contributed by atoms with E-state index in [0.717, 1.165) is 18.6 Å². The lowest BCUT2D eigenvalue weighted by Crippen LogP contribution is -2.26. The van der Waals surface area contributed by atoms with Gasteiger partial charge in [-0.2, -0.15) is 0 Å². The summed E-state index contributed by atoms with van der Waals surface area (Å²) in [6.07, 6.45) is 6.26. The van der Waals surface area contributed by atoms with Crippen LogP contribution in [-0.2, 0) is 12.8 Å². The lowest BCUT2D eigenvalue weighted by Gasteiger charge is -2.14. The molecule has 1 atom stereocenters. The first-order valence-corrected chi connectivity index (χ1v) is 6.98. The summed E-state index contributed by atoms with van der Waals surface area (Å²) >= 11 is 1.84. The van der Waals surface area contributed by atoms with Gasteiger partial charge >= 0.3 is 0 Å². The van der Waals surface area contributed by atoms with Crippen molar-refractivity contribution >= 4 is 11.3 Å². The minimum absolute atomic E-state index is 0.571. The fourth-order valence-electron chi connectivity index (χ4n) is 1.98. The summed E-state index contributed by atoms with van der Waals surface area (Å²) in [5.41, 5.74) is 0. The van der Waals surface area contributed by atoms with Gasteiger partial charge in [-0.15, -0.1) is 11.3 Å². The molecule has 1 N–H and O–H groups in total. The molecule has 0 spiro atoms. The second-order valence-corrected chi connectivity index (χ2v) is 5.25. The van der Waals surface area contributed by atoms with Crippen molar-refractivity contribution < 1.29 is 4.42 Å². The highest BCUT2D eigenvalue weighted by Crippen LogP contribution is 2.14. The molecule has 0 aliphatic carbocycles. The number of aryl methyl sites for hydroxylation is 2. The van der Waals surface area contributed by atoms with E-state index in [1.807, 2.05) is 30.5 Å². The molecule has 1 unspecified atom stereocenters. The third kappa shape index (κ3) is 4.02. The topological polar surface area (TPSA) is 25.2 Å². The van der Waals surface area contributed by atoms with Crippen LogP contribution >= 0.6 is 11.3 Å². The average Bonchev–Trinajstić information content (AvgIpc) is 3.02. The summed E-state index contributed by atoms with van der Waals surface area (Å²) in [5, 5.41) is 5.54. The highest BCUT2D eigenvalue weighted by Gasteiger charge is 2.08. The zero-order valence-electron chi connectivity index (χ0n) is 10.2. The third-order valence-electron chi connectivity index (χ3n) is 3.05. The largest absolute Gasteiger partial charge is 0.469 e. The number of nitrogens with one attached hydrogen (secondary N) is 1. The molecule has 2 aromatic heterocycles. The fraction of sp³-hybridized carbons (Fsp3) is 0.429. The van der Waals surface area contributed by atoms with Gasteiger partial charge in [-0.1, -0.05) is 6.07 Å². The van der Waals surface area contributed by atoms with Gasteiger partial charge in [0.2, 0.25) is 0 Å². The first kappa shape index (κ1) is 12.4. The van der Waals surface area contributed by atoms with Crippen LogP contribution in [0.1, 0.15) is 23.5 Å². The molecule has 17 heavy (non-hydrogen) atoms. The number of hydrogen-bond donors (Lipinski definition) is 1. The van der Waals surface area contributed by atoms with Crippen molar-refractivity contribution in [2.45, 2.75) is 31.7 Å². The summed E-state index contributed by atoms with van der Waals surface area (Å²) in [7, 11) is 2.04. The predicted molar refractivity (Wildman–Crippen MR) is 72.5 cm³/mol. The van der Waals surface area contributed by atoms with Gasteiger partial charge in [0, 0.05) is 17.3 Å². The molecule has 0 aromatic carbocycles. The molecule has 0 amide bonds. The van der Waals surface area contributed by atoms with Crippen LogP contribution in [0.3, 0.4) is 0 Å². The predicted octanol–water partition coefficient (Wildman–Crippen LogP) is 3.49. The van der Waals surface area contributed by atoms with Gasteiger partial charge in [-0.25, -0.2) is 0 Å². The molecule has 2 heterocycles. The maximum atomic E-state index is 5.35. The smallest absolute Gasteiger partial charge is 0.103 e. The number of hydrogen-bond acceptors (Lipinski definition) is 3. The van der Waals surface area contributed by atoms with E-state index in [9.17, 15) is 0 Å². The number of rotatable bonds is 7. The van der Waals surface area contributed by atoms with Crippen molar-refractivity contribution in [3.63, 3.8) is 0 Å². The highest BCUT2D eigenvalue weighted by atomic mass is 32.1. The minimum atomic E-state index is 0.571. The lowest BCUT2D eigenvalue weighted by atomic mass is 10.0. The first-order valence-electron chi connectivity index (χ1n) is 6.10. The van der Waals surface area contributed by atoms with Gasteiger partial charge in [0.1, 0.15) is 5.76 Å². The van der Waals surface area contributed by atoms with Crippen molar-refractivity contribution in [3.05, 3.63) is 46.5 Å². The molecule has 0 aliphatic rings. The molecule has 0 saturated heterocycles. The van der Waals surface area contributed by atoms with E-state index in [2.05, 4.69) is 22.8 Å². The van der Waals surface area contributed by atoms with Crippen molar-refractivity contribution in [1.82, 2.24) is 5.32 Å². The van der Waals surface area contributed by atoms with Crippen molar-refractivity contribution in [1.29, 1.82) is 0 Å². The van der Waals surface area contributed by atoms with Crippen LogP contribution in [0.5, 0.6) is 0 Å². The zero-order chi connectivity index (χ0) is 11.9. The van der Waals surface area contributed by atoms with Gasteiger partial charge in [0.25, 0.3) is 0 Å². The van der Waals surface area contributed by atoms with E-state index in [1.165, 1.54) is 17.7 Å². The van der Waals surface area contributed by atoms with E-state index in [0.29, 0.717) is 6.04 Å². The Bertz CT molecular complexity index is 356. The lowest BCUT2D eigenvalue weighted by molar-refractivity contribution is 0.447. The van der Waals surface area contributed by atoms with Crippen molar-refractivity contribution in [2.24, 2.45) is 0 Å². The quantitative estimate of drug-likeness (QED) is 0.812. The van der Waals surface area contributed by atoms with E-state index in [4.69, 9.17) is 4.42 Å². The van der Waals surface area contributed by atoms with Crippen LogP contribution in [-0.4, -0.2) is 13.1 Å². The second kappa shape index (κ2) is 6.62. The molecule has 0 radical (unpaired) electrons. The van der Waals surface area contributed by atoms with Crippen LogP contribution in [0.2, 0.25) is 0 Å². The Hall–Kier alpha value is -1.06. The summed E-state index contributed by atoms with van der Waals surface area (Å²) in [5.74, 6) is 1.08. The summed E-state index contributed by atoms with van der Waals surface area (Å²) < 4.78 is 5.35. The Morgan fingerprint density at radius 2 is 2.12 bits per heavy atom. The normalized spacial score (nSPS) is 12.8. The van der Waals surface area contributed by atoms with Gasteiger partial charge in [-0.3, -0.25) is 0 Å². The molecule has 2 nitrogen and oxygen atoms in total. The Balaban J connectivity index is 1.73. The van der Waals surface area contributed by atoms with Crippen LogP contribution in [0.4, 0.5) is 0 Å². The van der Waals surface area contributed by atoms with E-state index in [-0.39, 0.29) is 0 Å². The van der Waals surface area contributed by atoms with Gasteiger partial charge in [-0.05, 0) is 49.9 Å². The molecule has 2 rings (SSSR count). The Morgan fingerprint density at radius 3 is 2.76 bits per heavy atom. The van der Waals surface area contributed by atoms with Crippen LogP contribution < -0.4 is 5.32 Å². The maximum Gasteiger partial charge on any atom is 0.103 e. The molecule has 2 aromatic rings. The molecule has 0 saturated carbocycles. The van der Waals surface area contributed by atoms with Crippen molar-refractivity contribution in [3.8, 4) is 0 Å². The Labute approximate surface area is 107 Å². The Morgan fingerprint density at radius 1 is 1.24 bits per heavy atom. The SMILES string of the molecule is CNC(CCc1ccco1)CCc1cccs1. The van der Waals surface area contributed by atoms with Gasteiger partial charge < -0.3 is 9.73 Å². The molecule has 0 aliphatic heterocycles. The standard InChI is InChI=1S/C14H19NOS/c1-15-12(6-8-13-4-2-10-16-13)7-9-14-5-3-11-17-14/h2-5,10-12,15H,6-9H2,1H3. The average molecular weight is 249 g/mol.